The molecule has 2 fully saturated rings. The van der Waals surface area contributed by atoms with Crippen LogP contribution in [0.4, 0.5) is 0 Å². The number of nitrogens with one attached hydrogen (secondary N) is 1. The molecule has 128 valence electrons. The highest BCUT2D eigenvalue weighted by molar-refractivity contribution is 8.00. The highest BCUT2D eigenvalue weighted by Crippen LogP contribution is 2.34. The molecule has 0 aromatic carbocycles. The molecule has 2 aliphatic heterocycles. The number of hydrogen-bond donors (Lipinski definition) is 1. The van der Waals surface area contributed by atoms with Gasteiger partial charge in [-0.2, -0.15) is 23.5 Å². The lowest BCUT2D eigenvalue weighted by Gasteiger charge is -2.37. The molecule has 2 rings (SSSR count). The summed E-state index contributed by atoms with van der Waals surface area (Å²) in [6.07, 6.45) is 5.69. The van der Waals surface area contributed by atoms with Crippen molar-refractivity contribution in [2.75, 3.05) is 51.4 Å². The van der Waals surface area contributed by atoms with Crippen LogP contribution in [0.15, 0.2) is 4.99 Å². The standard InChI is InChI=1S/C16H31N3OS2/c1-4-14-12-19(8-11-22-14)15(17-5-2)18-13-16(21-3)6-9-20-10-7-16/h14H,4-13H2,1-3H3,(H,17,18). The molecule has 4 nitrogen and oxygen atoms in total. The Balaban J connectivity index is 2.02. The van der Waals surface area contributed by atoms with Crippen LogP contribution in [0, 0.1) is 0 Å². The predicted molar refractivity (Wildman–Crippen MR) is 100 cm³/mol. The van der Waals surface area contributed by atoms with Crippen LogP contribution < -0.4 is 5.32 Å². The van der Waals surface area contributed by atoms with E-state index in [1.807, 2.05) is 11.8 Å². The summed E-state index contributed by atoms with van der Waals surface area (Å²) in [6.45, 7) is 10.3. The Hall–Kier alpha value is -0.0700. The van der Waals surface area contributed by atoms with Gasteiger partial charge in [0.2, 0.25) is 0 Å². The van der Waals surface area contributed by atoms with Crippen molar-refractivity contribution in [1.29, 1.82) is 0 Å². The van der Waals surface area contributed by atoms with E-state index in [-0.39, 0.29) is 4.75 Å². The number of nitrogens with zero attached hydrogens (tertiary/aromatic N) is 2. The van der Waals surface area contributed by atoms with Gasteiger partial charge in [0.25, 0.3) is 0 Å². The molecular weight excluding hydrogens is 314 g/mol. The Morgan fingerprint density at radius 1 is 1.41 bits per heavy atom. The molecule has 0 amide bonds. The van der Waals surface area contributed by atoms with E-state index >= 15 is 0 Å². The predicted octanol–water partition coefficient (Wildman–Crippen LogP) is 2.69. The first-order valence-corrected chi connectivity index (χ1v) is 10.8. The minimum atomic E-state index is 0.271. The summed E-state index contributed by atoms with van der Waals surface area (Å²) in [4.78, 5) is 7.48. The van der Waals surface area contributed by atoms with Gasteiger partial charge in [0.1, 0.15) is 0 Å². The first-order valence-electron chi connectivity index (χ1n) is 8.50. The van der Waals surface area contributed by atoms with Crippen molar-refractivity contribution in [3.05, 3.63) is 0 Å². The first-order chi connectivity index (χ1) is 10.7. The van der Waals surface area contributed by atoms with Gasteiger partial charge in [0.05, 0.1) is 6.54 Å². The number of hydrogen-bond acceptors (Lipinski definition) is 4. The Bertz CT molecular complexity index is 359. The zero-order valence-electron chi connectivity index (χ0n) is 14.3. The van der Waals surface area contributed by atoms with E-state index in [9.17, 15) is 0 Å². The maximum Gasteiger partial charge on any atom is 0.194 e. The molecule has 0 spiro atoms. The van der Waals surface area contributed by atoms with Gasteiger partial charge in [-0.1, -0.05) is 6.92 Å². The van der Waals surface area contributed by atoms with Gasteiger partial charge < -0.3 is 15.0 Å². The lowest BCUT2D eigenvalue weighted by atomic mass is 9.99. The van der Waals surface area contributed by atoms with E-state index in [0.29, 0.717) is 0 Å². The van der Waals surface area contributed by atoms with Crippen LogP contribution in [0.3, 0.4) is 0 Å². The molecule has 1 atom stereocenters. The Morgan fingerprint density at radius 3 is 2.82 bits per heavy atom. The van der Waals surface area contributed by atoms with Crippen molar-refractivity contribution in [1.82, 2.24) is 10.2 Å². The first kappa shape index (κ1) is 18.3. The zero-order valence-corrected chi connectivity index (χ0v) is 15.9. The second-order valence-corrected chi connectivity index (χ2v) is 8.70. The fraction of sp³-hybridized carbons (Fsp3) is 0.938. The molecule has 0 radical (unpaired) electrons. The smallest absolute Gasteiger partial charge is 0.194 e. The second-order valence-electron chi connectivity index (χ2n) is 6.02. The largest absolute Gasteiger partial charge is 0.381 e. The number of ether oxygens (including phenoxy) is 1. The average Bonchev–Trinajstić information content (AvgIpc) is 2.59. The molecule has 0 aromatic rings. The van der Waals surface area contributed by atoms with Crippen LogP contribution in [0.5, 0.6) is 0 Å². The van der Waals surface area contributed by atoms with Crippen LogP contribution in [0.1, 0.15) is 33.1 Å². The SMILES string of the molecule is CCNC(=NCC1(SC)CCOCC1)N1CCSC(CC)C1. The number of thioether (sulfide) groups is 2. The zero-order chi connectivity index (χ0) is 15.8. The van der Waals surface area contributed by atoms with Crippen molar-refractivity contribution in [2.24, 2.45) is 4.99 Å². The van der Waals surface area contributed by atoms with Gasteiger partial charge in [-0.05, 0) is 32.4 Å². The average molecular weight is 346 g/mol. The molecule has 0 aromatic heterocycles. The fourth-order valence-electron chi connectivity index (χ4n) is 2.97. The lowest BCUT2D eigenvalue weighted by molar-refractivity contribution is 0.0793. The molecule has 1 unspecified atom stereocenters. The second kappa shape index (κ2) is 9.28. The van der Waals surface area contributed by atoms with Crippen LogP contribution >= 0.6 is 23.5 Å². The molecule has 2 aliphatic rings. The minimum absolute atomic E-state index is 0.271. The molecule has 0 bridgehead atoms. The third kappa shape index (κ3) is 4.96. The van der Waals surface area contributed by atoms with Gasteiger partial charge in [-0.25, -0.2) is 0 Å². The van der Waals surface area contributed by atoms with Crippen LogP contribution in [0.2, 0.25) is 0 Å². The Kier molecular flexibility index (Phi) is 7.71. The van der Waals surface area contributed by atoms with E-state index in [1.54, 1.807) is 0 Å². The summed E-state index contributed by atoms with van der Waals surface area (Å²) < 4.78 is 5.81. The van der Waals surface area contributed by atoms with E-state index < -0.39 is 0 Å². The van der Waals surface area contributed by atoms with E-state index in [2.05, 4.69) is 42.1 Å². The van der Waals surface area contributed by atoms with Crippen LogP contribution in [-0.2, 0) is 4.74 Å². The van der Waals surface area contributed by atoms with Crippen LogP contribution in [0.25, 0.3) is 0 Å². The highest BCUT2D eigenvalue weighted by atomic mass is 32.2. The monoisotopic (exact) mass is 345 g/mol. The number of guanidine groups is 1. The van der Waals surface area contributed by atoms with Gasteiger partial charge in [0, 0.05) is 48.6 Å². The quantitative estimate of drug-likeness (QED) is 0.612. The fourth-order valence-corrected chi connectivity index (χ4v) is 4.92. The summed E-state index contributed by atoms with van der Waals surface area (Å²) in [6, 6.07) is 0. The molecule has 1 N–H and O–H groups in total. The summed E-state index contributed by atoms with van der Waals surface area (Å²) >= 11 is 4.07. The van der Waals surface area contributed by atoms with E-state index in [1.165, 1.54) is 12.2 Å². The Morgan fingerprint density at radius 2 is 2.18 bits per heavy atom. The molecule has 22 heavy (non-hydrogen) atoms. The van der Waals surface area contributed by atoms with Crippen molar-refractivity contribution < 1.29 is 4.74 Å². The third-order valence-corrected chi connectivity index (χ3v) is 7.36. The van der Waals surface area contributed by atoms with E-state index in [0.717, 1.165) is 63.4 Å². The third-order valence-electron chi connectivity index (χ3n) is 4.58. The van der Waals surface area contributed by atoms with Gasteiger partial charge in [-0.15, -0.1) is 0 Å². The summed E-state index contributed by atoms with van der Waals surface area (Å²) in [5, 5.41) is 4.25. The van der Waals surface area contributed by atoms with Gasteiger partial charge in [0.15, 0.2) is 5.96 Å². The number of rotatable bonds is 5. The lowest BCUT2D eigenvalue weighted by Crippen LogP contribution is -2.48. The van der Waals surface area contributed by atoms with Crippen molar-refractivity contribution in [3.8, 4) is 0 Å². The minimum Gasteiger partial charge on any atom is -0.381 e. The van der Waals surface area contributed by atoms with Crippen molar-refractivity contribution in [2.45, 2.75) is 43.1 Å². The summed E-state index contributed by atoms with van der Waals surface area (Å²) in [7, 11) is 0. The van der Waals surface area contributed by atoms with Crippen molar-refractivity contribution >= 4 is 29.5 Å². The van der Waals surface area contributed by atoms with Gasteiger partial charge >= 0.3 is 0 Å². The number of aliphatic imine (C=N–C) groups is 1. The maximum atomic E-state index is 5.54. The normalized spacial score (nSPS) is 26.0. The van der Waals surface area contributed by atoms with E-state index in [4.69, 9.17) is 9.73 Å². The molecular formula is C16H31N3OS2. The van der Waals surface area contributed by atoms with Gasteiger partial charge in [-0.3, -0.25) is 4.99 Å². The Labute approximate surface area is 144 Å². The molecule has 0 saturated carbocycles. The molecule has 2 saturated heterocycles. The highest BCUT2D eigenvalue weighted by Gasteiger charge is 2.32. The summed E-state index contributed by atoms with van der Waals surface area (Å²) in [5.74, 6) is 2.32. The molecule has 6 heteroatoms. The summed E-state index contributed by atoms with van der Waals surface area (Å²) in [5.41, 5.74) is 0. The van der Waals surface area contributed by atoms with Crippen molar-refractivity contribution in [3.63, 3.8) is 0 Å². The van der Waals surface area contributed by atoms with Crippen LogP contribution in [-0.4, -0.2) is 72.3 Å². The molecule has 0 aliphatic carbocycles. The molecule has 2 heterocycles. The maximum absolute atomic E-state index is 5.54. The topological polar surface area (TPSA) is 36.9 Å².